The topological polar surface area (TPSA) is 79.5 Å². The molecule has 2 atom stereocenters. The van der Waals surface area contributed by atoms with Gasteiger partial charge in [-0.1, -0.05) is 53.1 Å². The lowest BCUT2D eigenvalue weighted by molar-refractivity contribution is 0.346. The molecule has 138 valence electrons. The molecule has 0 bridgehead atoms. The van der Waals surface area contributed by atoms with Gasteiger partial charge in [0.2, 0.25) is 0 Å². The molecule has 0 radical (unpaired) electrons. The Morgan fingerprint density at radius 2 is 1.81 bits per heavy atom. The molecule has 0 aromatic heterocycles. The minimum Gasteiger partial charge on any atom is -0.192 e. The lowest BCUT2D eigenvalue weighted by Gasteiger charge is -2.11. The first kappa shape index (κ1) is 19.2. The van der Waals surface area contributed by atoms with Gasteiger partial charge in [0.1, 0.15) is 6.07 Å². The average molecular weight is 399 g/mol. The Morgan fingerprint density at radius 3 is 2.48 bits per heavy atom. The molecule has 1 aliphatic rings. The van der Waals surface area contributed by atoms with Crippen LogP contribution in [-0.2, 0) is 25.1 Å². The van der Waals surface area contributed by atoms with Crippen LogP contribution in [0.2, 0.25) is 0 Å². The van der Waals surface area contributed by atoms with Crippen molar-refractivity contribution in [2.45, 2.75) is 24.0 Å². The van der Waals surface area contributed by atoms with Gasteiger partial charge in [0, 0.05) is 10.2 Å². The molecular formula is C20H18N2O3S2. The number of nitriles is 1. The Hall–Kier alpha value is -2.53. The summed E-state index contributed by atoms with van der Waals surface area (Å²) in [6.45, 7) is 3.85. The first-order chi connectivity index (χ1) is 12.9. The SMILES string of the molecule is Cc1ccccc1C(C#N)=C1C=CC(C)S1=NOS(=O)(=O)c1ccccc1. The molecule has 1 heterocycles. The standard InChI is InChI=1S/C20H18N2O3S2/c1-15-8-6-7-11-18(15)19(14-21)20-13-12-16(2)26(20)22-25-27(23,24)17-9-4-3-5-10-17/h3-13,16H,1-2H3. The maximum Gasteiger partial charge on any atom is 0.319 e. The molecule has 0 aliphatic carbocycles. The molecule has 0 N–H and O–H groups in total. The van der Waals surface area contributed by atoms with Crippen molar-refractivity contribution in [1.29, 1.82) is 5.26 Å². The molecule has 27 heavy (non-hydrogen) atoms. The zero-order valence-corrected chi connectivity index (χ0v) is 16.5. The number of aryl methyl sites for hydroxylation is 1. The Bertz CT molecular complexity index is 1100. The van der Waals surface area contributed by atoms with Crippen molar-refractivity contribution in [3.63, 3.8) is 0 Å². The molecule has 2 aromatic carbocycles. The summed E-state index contributed by atoms with van der Waals surface area (Å²) in [7, 11) is -4.89. The van der Waals surface area contributed by atoms with E-state index in [4.69, 9.17) is 4.28 Å². The van der Waals surface area contributed by atoms with Crippen molar-refractivity contribution in [1.82, 2.24) is 0 Å². The van der Waals surface area contributed by atoms with Crippen molar-refractivity contribution in [2.24, 2.45) is 4.53 Å². The van der Waals surface area contributed by atoms with Crippen LogP contribution in [0, 0.1) is 18.3 Å². The predicted octanol–water partition coefficient (Wildman–Crippen LogP) is 4.31. The lowest BCUT2D eigenvalue weighted by atomic mass is 10.0. The number of hydrogen-bond acceptors (Lipinski definition) is 5. The third-order valence-electron chi connectivity index (χ3n) is 4.11. The Balaban J connectivity index is 2.03. The summed E-state index contributed by atoms with van der Waals surface area (Å²) in [5, 5.41) is 9.68. The van der Waals surface area contributed by atoms with E-state index in [9.17, 15) is 13.7 Å². The second kappa shape index (κ2) is 8.01. The summed E-state index contributed by atoms with van der Waals surface area (Å²) in [5.41, 5.74) is 2.27. The predicted molar refractivity (Wildman–Crippen MR) is 107 cm³/mol. The first-order valence-corrected chi connectivity index (χ1v) is 10.9. The molecule has 0 saturated heterocycles. The van der Waals surface area contributed by atoms with Gasteiger partial charge in [-0.2, -0.15) is 13.7 Å². The molecule has 0 amide bonds. The Morgan fingerprint density at radius 1 is 1.15 bits per heavy atom. The fourth-order valence-corrected chi connectivity index (χ4v) is 5.25. The number of allylic oxidation sites excluding steroid dienone is 2. The third-order valence-corrected chi connectivity index (χ3v) is 7.21. The molecule has 0 fully saturated rings. The van der Waals surface area contributed by atoms with E-state index < -0.39 is 20.8 Å². The molecule has 2 aromatic rings. The van der Waals surface area contributed by atoms with E-state index in [1.54, 1.807) is 18.2 Å². The third kappa shape index (κ3) is 4.08. The highest BCUT2D eigenvalue weighted by molar-refractivity contribution is 7.93. The van der Waals surface area contributed by atoms with Crippen LogP contribution in [-0.4, -0.2) is 13.7 Å². The zero-order chi connectivity index (χ0) is 19.4. The summed E-state index contributed by atoms with van der Waals surface area (Å²) >= 11 is 0. The fraction of sp³-hybridized carbons (Fsp3) is 0.150. The van der Waals surface area contributed by atoms with Gasteiger partial charge in [-0.05, 0) is 53.9 Å². The minimum absolute atomic E-state index is 0.0436. The summed E-state index contributed by atoms with van der Waals surface area (Å²) in [4.78, 5) is 0.727. The molecule has 3 rings (SSSR count). The molecule has 0 spiro atoms. The first-order valence-electron chi connectivity index (χ1n) is 8.25. The number of benzene rings is 2. The fourth-order valence-electron chi connectivity index (χ4n) is 2.67. The molecule has 2 unspecified atom stereocenters. The van der Waals surface area contributed by atoms with Gasteiger partial charge in [0.15, 0.2) is 0 Å². The molecule has 0 saturated carbocycles. The van der Waals surface area contributed by atoms with Crippen LogP contribution in [0.15, 0.2) is 81.1 Å². The normalized spacial score (nSPS) is 21.2. The maximum absolute atomic E-state index is 12.4. The smallest absolute Gasteiger partial charge is 0.192 e. The van der Waals surface area contributed by atoms with Crippen molar-refractivity contribution in [3.05, 3.63) is 82.8 Å². The van der Waals surface area contributed by atoms with Crippen LogP contribution in [0.4, 0.5) is 0 Å². The van der Waals surface area contributed by atoms with Crippen molar-refractivity contribution < 1.29 is 12.7 Å². The van der Waals surface area contributed by atoms with E-state index in [2.05, 4.69) is 10.6 Å². The van der Waals surface area contributed by atoms with E-state index >= 15 is 0 Å². The van der Waals surface area contributed by atoms with E-state index in [1.807, 2.05) is 50.3 Å². The highest BCUT2D eigenvalue weighted by Crippen LogP contribution is 2.31. The van der Waals surface area contributed by atoms with E-state index in [0.717, 1.165) is 11.1 Å². The summed E-state index contributed by atoms with van der Waals surface area (Å²) in [6.07, 6.45) is 3.75. The molecule has 7 heteroatoms. The van der Waals surface area contributed by atoms with Crippen molar-refractivity contribution in [3.8, 4) is 6.07 Å². The van der Waals surface area contributed by atoms with E-state index in [0.29, 0.717) is 10.5 Å². The van der Waals surface area contributed by atoms with Gasteiger partial charge >= 0.3 is 10.1 Å². The van der Waals surface area contributed by atoms with E-state index in [1.165, 1.54) is 12.1 Å². The number of nitrogens with zero attached hydrogens (tertiary/aromatic N) is 2. The van der Waals surface area contributed by atoms with Crippen LogP contribution in [0.5, 0.6) is 0 Å². The molecular weight excluding hydrogens is 380 g/mol. The Kier molecular flexibility index (Phi) is 5.71. The van der Waals surface area contributed by atoms with Crippen molar-refractivity contribution in [2.75, 3.05) is 0 Å². The molecule has 5 nitrogen and oxygen atoms in total. The van der Waals surface area contributed by atoms with Gasteiger partial charge in [-0.3, -0.25) is 0 Å². The quantitative estimate of drug-likeness (QED) is 0.568. The van der Waals surface area contributed by atoms with Gasteiger partial charge in [0.25, 0.3) is 0 Å². The van der Waals surface area contributed by atoms with Crippen LogP contribution in [0.25, 0.3) is 5.57 Å². The summed E-state index contributed by atoms with van der Waals surface area (Å²) < 4.78 is 33.7. The van der Waals surface area contributed by atoms with Crippen LogP contribution in [0.1, 0.15) is 18.1 Å². The monoisotopic (exact) mass is 398 g/mol. The summed E-state index contributed by atoms with van der Waals surface area (Å²) in [6, 6.07) is 17.7. The Labute approximate surface area is 161 Å². The second-order valence-electron chi connectivity index (χ2n) is 5.96. The van der Waals surface area contributed by atoms with Gasteiger partial charge in [-0.15, -0.1) is 4.28 Å². The molecule has 1 aliphatic heterocycles. The number of hydrogen-bond donors (Lipinski definition) is 0. The highest BCUT2D eigenvalue weighted by atomic mass is 32.2. The second-order valence-corrected chi connectivity index (χ2v) is 9.45. The minimum atomic E-state index is -3.99. The number of rotatable bonds is 4. The average Bonchev–Trinajstić information content (AvgIpc) is 3.03. The largest absolute Gasteiger partial charge is 0.319 e. The van der Waals surface area contributed by atoms with Crippen LogP contribution >= 0.6 is 0 Å². The maximum atomic E-state index is 12.4. The van der Waals surface area contributed by atoms with Gasteiger partial charge in [-0.25, -0.2) is 0 Å². The van der Waals surface area contributed by atoms with E-state index in [-0.39, 0.29) is 10.1 Å². The summed E-state index contributed by atoms with van der Waals surface area (Å²) in [5.74, 6) is 0. The van der Waals surface area contributed by atoms with Crippen molar-refractivity contribution >= 4 is 26.4 Å². The van der Waals surface area contributed by atoms with Crippen LogP contribution < -0.4 is 0 Å². The van der Waals surface area contributed by atoms with Gasteiger partial charge in [0.05, 0.1) is 10.5 Å². The zero-order valence-electron chi connectivity index (χ0n) is 14.9. The lowest BCUT2D eigenvalue weighted by Crippen LogP contribution is -2.08. The van der Waals surface area contributed by atoms with Gasteiger partial charge < -0.3 is 0 Å². The van der Waals surface area contributed by atoms with Crippen LogP contribution in [0.3, 0.4) is 0 Å². The highest BCUT2D eigenvalue weighted by Gasteiger charge is 2.24.